The van der Waals surface area contributed by atoms with Crippen LogP contribution in [0.3, 0.4) is 0 Å². The zero-order valence-electron chi connectivity index (χ0n) is 9.77. The van der Waals surface area contributed by atoms with Crippen molar-refractivity contribution in [3.8, 4) is 0 Å². The number of non-ortho nitro benzene ring substituents is 1. The molecule has 0 heterocycles. The van der Waals surface area contributed by atoms with Crippen molar-refractivity contribution in [2.75, 3.05) is 20.8 Å². The number of rotatable bonds is 6. The monoisotopic (exact) mass is 258 g/mol. The number of halogens is 1. The topological polar surface area (TPSA) is 64.4 Å². The number of benzene rings is 1. The normalized spacial score (nSPS) is 12.4. The fraction of sp³-hybridized carbons (Fsp3) is 0.455. The second kappa shape index (κ2) is 6.54. The van der Waals surface area contributed by atoms with Gasteiger partial charge in [-0.15, -0.1) is 0 Å². The van der Waals surface area contributed by atoms with Crippen LogP contribution in [0.2, 0.25) is 5.02 Å². The highest BCUT2D eigenvalue weighted by molar-refractivity contribution is 6.31. The van der Waals surface area contributed by atoms with Crippen LogP contribution in [-0.4, -0.2) is 31.7 Å². The Bertz CT molecular complexity index is 398. The number of hydrogen-bond acceptors (Lipinski definition) is 4. The van der Waals surface area contributed by atoms with E-state index in [1.54, 1.807) is 13.2 Å². The van der Waals surface area contributed by atoms with Crippen molar-refractivity contribution in [3.63, 3.8) is 0 Å². The molecule has 0 aliphatic carbocycles. The molecule has 0 saturated carbocycles. The molecule has 0 aliphatic heterocycles. The molecule has 0 aliphatic rings. The first-order chi connectivity index (χ1) is 8.08. The van der Waals surface area contributed by atoms with E-state index in [1.807, 2.05) is 7.05 Å². The van der Waals surface area contributed by atoms with Crippen molar-refractivity contribution in [2.45, 2.75) is 12.5 Å². The number of ether oxygens (including phenoxy) is 1. The zero-order chi connectivity index (χ0) is 12.8. The Morgan fingerprint density at radius 1 is 1.59 bits per heavy atom. The Labute approximate surface area is 105 Å². The summed E-state index contributed by atoms with van der Waals surface area (Å²) in [5.74, 6) is 0. The van der Waals surface area contributed by atoms with E-state index in [0.29, 0.717) is 18.1 Å². The Hall–Kier alpha value is -1.17. The first kappa shape index (κ1) is 13.9. The van der Waals surface area contributed by atoms with Crippen LogP contribution in [0.25, 0.3) is 0 Å². The number of nitrogens with zero attached hydrogens (tertiary/aromatic N) is 1. The highest BCUT2D eigenvalue weighted by Gasteiger charge is 2.13. The number of likely N-dealkylation sites (N-methyl/N-ethyl adjacent to an activating group) is 1. The van der Waals surface area contributed by atoms with Crippen molar-refractivity contribution < 1.29 is 9.66 Å². The first-order valence-corrected chi connectivity index (χ1v) is 5.55. The second-order valence-corrected chi connectivity index (χ2v) is 4.09. The van der Waals surface area contributed by atoms with Crippen molar-refractivity contribution in [1.29, 1.82) is 0 Å². The predicted octanol–water partition coefficient (Wildman–Crippen LogP) is 2.03. The Balaban J connectivity index is 2.81. The average Bonchev–Trinajstić information content (AvgIpc) is 2.30. The number of nitrogens with one attached hydrogen (secondary N) is 1. The maximum Gasteiger partial charge on any atom is 0.270 e. The van der Waals surface area contributed by atoms with Gasteiger partial charge in [0.15, 0.2) is 0 Å². The summed E-state index contributed by atoms with van der Waals surface area (Å²) in [5, 5.41) is 14.1. The zero-order valence-corrected chi connectivity index (χ0v) is 10.5. The molecule has 0 saturated heterocycles. The minimum atomic E-state index is -0.458. The van der Waals surface area contributed by atoms with Crippen LogP contribution in [0.15, 0.2) is 18.2 Å². The fourth-order valence-corrected chi connectivity index (χ4v) is 1.78. The maximum absolute atomic E-state index is 10.6. The average molecular weight is 259 g/mol. The molecule has 1 atom stereocenters. The lowest BCUT2D eigenvalue weighted by atomic mass is 10.1. The lowest BCUT2D eigenvalue weighted by Crippen LogP contribution is -2.32. The smallest absolute Gasteiger partial charge is 0.270 e. The molecular formula is C11H15ClN2O3. The van der Waals surface area contributed by atoms with Crippen molar-refractivity contribution >= 4 is 17.3 Å². The van der Waals surface area contributed by atoms with Crippen LogP contribution >= 0.6 is 11.6 Å². The van der Waals surface area contributed by atoms with Crippen molar-refractivity contribution in [3.05, 3.63) is 38.9 Å². The van der Waals surface area contributed by atoms with E-state index in [9.17, 15) is 10.1 Å². The van der Waals surface area contributed by atoms with Gasteiger partial charge < -0.3 is 10.1 Å². The summed E-state index contributed by atoms with van der Waals surface area (Å²) < 4.78 is 5.06. The lowest BCUT2D eigenvalue weighted by molar-refractivity contribution is -0.384. The van der Waals surface area contributed by atoms with Crippen molar-refractivity contribution in [2.24, 2.45) is 0 Å². The summed E-state index contributed by atoms with van der Waals surface area (Å²) >= 11 is 6.00. The van der Waals surface area contributed by atoms with Crippen LogP contribution in [-0.2, 0) is 11.2 Å². The van der Waals surface area contributed by atoms with E-state index in [0.717, 1.165) is 5.56 Å². The third-order valence-electron chi connectivity index (χ3n) is 2.49. The van der Waals surface area contributed by atoms with Crippen LogP contribution in [0.5, 0.6) is 0 Å². The summed E-state index contributed by atoms with van der Waals surface area (Å²) in [6.07, 6.45) is 0.668. The fourth-order valence-electron chi connectivity index (χ4n) is 1.53. The van der Waals surface area contributed by atoms with Gasteiger partial charge in [0.25, 0.3) is 5.69 Å². The van der Waals surface area contributed by atoms with E-state index < -0.39 is 4.92 Å². The SMILES string of the molecule is CNC(COC)Cc1ccc([N+](=O)[O-])cc1Cl. The third kappa shape index (κ3) is 3.96. The quantitative estimate of drug-likeness (QED) is 0.626. The minimum Gasteiger partial charge on any atom is -0.383 e. The van der Waals surface area contributed by atoms with Crippen LogP contribution in [0.1, 0.15) is 5.56 Å². The molecule has 1 aromatic rings. The lowest BCUT2D eigenvalue weighted by Gasteiger charge is -2.15. The highest BCUT2D eigenvalue weighted by atomic mass is 35.5. The molecule has 0 bridgehead atoms. The molecule has 94 valence electrons. The van der Waals surface area contributed by atoms with Gasteiger partial charge in [-0.3, -0.25) is 10.1 Å². The molecule has 1 rings (SSSR count). The predicted molar refractivity (Wildman–Crippen MR) is 66.5 cm³/mol. The molecular weight excluding hydrogens is 244 g/mol. The summed E-state index contributed by atoms with van der Waals surface area (Å²) in [4.78, 5) is 10.1. The van der Waals surface area contributed by atoms with Gasteiger partial charge in [0, 0.05) is 25.3 Å². The van der Waals surface area contributed by atoms with Gasteiger partial charge in [-0.1, -0.05) is 17.7 Å². The molecule has 17 heavy (non-hydrogen) atoms. The summed E-state index contributed by atoms with van der Waals surface area (Å²) in [6, 6.07) is 4.65. The van der Waals surface area contributed by atoms with E-state index in [2.05, 4.69) is 5.32 Å². The van der Waals surface area contributed by atoms with E-state index >= 15 is 0 Å². The molecule has 1 aromatic carbocycles. The minimum absolute atomic E-state index is 0.00602. The number of nitro groups is 1. The Morgan fingerprint density at radius 2 is 2.29 bits per heavy atom. The third-order valence-corrected chi connectivity index (χ3v) is 2.84. The molecule has 0 fully saturated rings. The highest BCUT2D eigenvalue weighted by Crippen LogP contribution is 2.23. The van der Waals surface area contributed by atoms with Crippen LogP contribution in [0, 0.1) is 10.1 Å². The van der Waals surface area contributed by atoms with Gasteiger partial charge in [-0.2, -0.15) is 0 Å². The largest absolute Gasteiger partial charge is 0.383 e. The number of methoxy groups -OCH3 is 1. The van der Waals surface area contributed by atoms with Gasteiger partial charge >= 0.3 is 0 Å². The molecule has 5 nitrogen and oxygen atoms in total. The van der Waals surface area contributed by atoms with Gasteiger partial charge in [0.2, 0.25) is 0 Å². The molecule has 6 heteroatoms. The van der Waals surface area contributed by atoms with Crippen molar-refractivity contribution in [1.82, 2.24) is 5.32 Å². The molecule has 0 aromatic heterocycles. The van der Waals surface area contributed by atoms with Crippen LogP contribution < -0.4 is 5.32 Å². The second-order valence-electron chi connectivity index (χ2n) is 3.68. The molecule has 0 spiro atoms. The summed E-state index contributed by atoms with van der Waals surface area (Å²) in [5.41, 5.74) is 0.875. The maximum atomic E-state index is 10.6. The molecule has 1 unspecified atom stereocenters. The molecule has 1 N–H and O–H groups in total. The van der Waals surface area contributed by atoms with E-state index in [1.165, 1.54) is 12.1 Å². The first-order valence-electron chi connectivity index (χ1n) is 5.17. The standard InChI is InChI=1S/C11H15ClN2O3/c1-13-9(7-17-2)5-8-3-4-10(14(15)16)6-11(8)12/h3-4,6,9,13H,5,7H2,1-2H3. The molecule has 0 radical (unpaired) electrons. The van der Waals surface area contributed by atoms with E-state index in [4.69, 9.17) is 16.3 Å². The van der Waals surface area contributed by atoms with Crippen LogP contribution in [0.4, 0.5) is 5.69 Å². The summed E-state index contributed by atoms with van der Waals surface area (Å²) in [6.45, 7) is 0.559. The van der Waals surface area contributed by atoms with Gasteiger partial charge in [-0.25, -0.2) is 0 Å². The Morgan fingerprint density at radius 3 is 2.76 bits per heavy atom. The van der Waals surface area contributed by atoms with Gasteiger partial charge in [0.05, 0.1) is 16.6 Å². The molecule has 0 amide bonds. The Kier molecular flexibility index (Phi) is 5.34. The number of hydrogen-bond donors (Lipinski definition) is 1. The summed E-state index contributed by atoms with van der Waals surface area (Å²) in [7, 11) is 3.46. The van der Waals surface area contributed by atoms with Gasteiger partial charge in [-0.05, 0) is 19.0 Å². The van der Waals surface area contributed by atoms with Gasteiger partial charge in [0.1, 0.15) is 0 Å². The number of nitro benzene ring substituents is 1. The van der Waals surface area contributed by atoms with E-state index in [-0.39, 0.29) is 11.7 Å².